The number of anilines is 1. The van der Waals surface area contributed by atoms with Crippen LogP contribution in [0.15, 0.2) is 54.6 Å². The molecule has 14 nitrogen and oxygen atoms in total. The summed E-state index contributed by atoms with van der Waals surface area (Å²) >= 11 is 0. The molecule has 0 radical (unpaired) electrons. The highest BCUT2D eigenvalue weighted by atomic mass is 16.4. The van der Waals surface area contributed by atoms with Crippen LogP contribution in [0.4, 0.5) is 5.69 Å². The molecule has 4 amide bonds. The first-order valence-electron chi connectivity index (χ1n) is 13.9. The fourth-order valence-electron chi connectivity index (χ4n) is 4.92. The van der Waals surface area contributed by atoms with Crippen LogP contribution in [0.1, 0.15) is 43.6 Å². The predicted molar refractivity (Wildman–Crippen MR) is 153 cm³/mol. The van der Waals surface area contributed by atoms with Crippen LogP contribution in [-0.4, -0.2) is 73.5 Å². The Balaban J connectivity index is 1.54. The fraction of sp³-hybridized carbons (Fsp3) is 0.379. The van der Waals surface area contributed by atoms with Gasteiger partial charge in [0, 0.05) is 12.1 Å². The van der Waals surface area contributed by atoms with E-state index in [4.69, 9.17) is 0 Å². The Bertz CT molecular complexity index is 1450. The van der Waals surface area contributed by atoms with E-state index < -0.39 is 48.2 Å². The van der Waals surface area contributed by atoms with Crippen LogP contribution in [0, 0.1) is 5.92 Å². The second-order valence-electron chi connectivity index (χ2n) is 10.4. The molecule has 0 fully saturated rings. The van der Waals surface area contributed by atoms with Gasteiger partial charge in [-0.1, -0.05) is 74.0 Å². The number of amides is 4. The molecular formula is C29H34N8O6. The van der Waals surface area contributed by atoms with E-state index in [2.05, 4.69) is 36.6 Å². The summed E-state index contributed by atoms with van der Waals surface area (Å²) in [6.07, 6.45) is 0.0253. The average molecular weight is 591 g/mol. The lowest BCUT2D eigenvalue weighted by Crippen LogP contribution is -2.59. The lowest BCUT2D eigenvalue weighted by molar-refractivity contribution is -0.140. The van der Waals surface area contributed by atoms with Crippen LogP contribution in [0.3, 0.4) is 0 Å². The number of carbonyl (C=O) groups is 5. The maximum Gasteiger partial charge on any atom is 0.305 e. The summed E-state index contributed by atoms with van der Waals surface area (Å²) in [6, 6.07) is 12.4. The van der Waals surface area contributed by atoms with Gasteiger partial charge < -0.3 is 21.1 Å². The maximum absolute atomic E-state index is 14.0. The van der Waals surface area contributed by atoms with Crippen molar-refractivity contribution in [3.63, 3.8) is 0 Å². The molecule has 14 heteroatoms. The number of nitrogens with zero attached hydrogens (tertiary/aromatic N) is 4. The van der Waals surface area contributed by atoms with Crippen molar-refractivity contribution in [2.75, 3.05) is 4.90 Å². The number of benzene rings is 2. The van der Waals surface area contributed by atoms with Crippen molar-refractivity contribution in [1.82, 2.24) is 36.6 Å². The largest absolute Gasteiger partial charge is 0.481 e. The highest BCUT2D eigenvalue weighted by Crippen LogP contribution is 2.33. The second-order valence-corrected chi connectivity index (χ2v) is 10.4. The number of nitrogens with one attached hydrogen (secondary N) is 4. The van der Waals surface area contributed by atoms with Crippen molar-refractivity contribution in [3.8, 4) is 0 Å². The Morgan fingerprint density at radius 3 is 2.44 bits per heavy atom. The fourth-order valence-corrected chi connectivity index (χ4v) is 4.92. The Morgan fingerprint density at radius 1 is 1.05 bits per heavy atom. The van der Waals surface area contributed by atoms with E-state index in [9.17, 15) is 29.1 Å². The van der Waals surface area contributed by atoms with E-state index in [-0.39, 0.29) is 37.0 Å². The number of rotatable bonds is 13. The number of carbonyl (C=O) groups excluding carboxylic acids is 4. The monoisotopic (exact) mass is 590 g/mol. The number of tetrazole rings is 1. The second kappa shape index (κ2) is 14.2. The van der Waals surface area contributed by atoms with Gasteiger partial charge in [-0.25, -0.2) is 0 Å². The Labute approximate surface area is 247 Å². The van der Waals surface area contributed by atoms with Gasteiger partial charge in [-0.15, -0.1) is 10.2 Å². The number of aliphatic carboxylic acids is 1. The van der Waals surface area contributed by atoms with Gasteiger partial charge in [0.1, 0.15) is 18.1 Å². The molecule has 0 saturated heterocycles. The lowest BCUT2D eigenvalue weighted by Gasteiger charge is -2.30. The summed E-state index contributed by atoms with van der Waals surface area (Å²) in [7, 11) is 0. The maximum atomic E-state index is 14.0. The average Bonchev–Trinajstić information content (AvgIpc) is 3.66. The van der Waals surface area contributed by atoms with Crippen LogP contribution in [0.5, 0.6) is 0 Å². The first kappa shape index (κ1) is 30.8. The minimum atomic E-state index is -1.51. The van der Waals surface area contributed by atoms with Crippen molar-refractivity contribution in [3.05, 3.63) is 71.5 Å². The zero-order chi connectivity index (χ0) is 30.9. The first-order valence-corrected chi connectivity index (χ1v) is 13.9. The number of para-hydroxylation sites is 1. The van der Waals surface area contributed by atoms with Gasteiger partial charge >= 0.3 is 5.97 Å². The summed E-state index contributed by atoms with van der Waals surface area (Å²) in [4.78, 5) is 66.7. The highest BCUT2D eigenvalue weighted by molar-refractivity contribution is 6.08. The summed E-state index contributed by atoms with van der Waals surface area (Å²) in [5, 5.41) is 31.0. The van der Waals surface area contributed by atoms with Crippen LogP contribution < -0.4 is 20.9 Å². The summed E-state index contributed by atoms with van der Waals surface area (Å²) < 4.78 is 0. The first-order chi connectivity index (χ1) is 20.7. The minimum Gasteiger partial charge on any atom is -0.481 e. The summed E-state index contributed by atoms with van der Waals surface area (Å²) in [5.41, 5.74) is 1.91. The topological polar surface area (TPSA) is 199 Å². The number of fused-ring (bicyclic) bond motifs is 1. The van der Waals surface area contributed by atoms with Crippen molar-refractivity contribution >= 4 is 35.3 Å². The van der Waals surface area contributed by atoms with E-state index in [0.717, 1.165) is 5.56 Å². The molecule has 0 aliphatic carbocycles. The molecule has 4 atom stereocenters. The molecule has 0 saturated carbocycles. The van der Waals surface area contributed by atoms with E-state index in [1.165, 1.54) is 4.90 Å². The van der Waals surface area contributed by atoms with Gasteiger partial charge in [0.05, 0.1) is 19.4 Å². The molecule has 1 aromatic heterocycles. The molecule has 3 aromatic rings. The van der Waals surface area contributed by atoms with Gasteiger partial charge in [0.15, 0.2) is 5.82 Å². The molecule has 2 aromatic carbocycles. The molecule has 226 valence electrons. The molecule has 2 heterocycles. The number of carboxylic acids is 1. The third kappa shape index (κ3) is 7.78. The van der Waals surface area contributed by atoms with E-state index in [1.54, 1.807) is 55.5 Å². The lowest BCUT2D eigenvalue weighted by atomic mass is 9.97. The standard InChI is InChI=1S/C29H34N8O6/c1-3-17(2)26(32-24(38)13-18-9-5-4-6-10-18)28(42)31-20(15-25(39)40)29(43)37-21-12-8-7-11-19(21)14-22(37)27(41)30-16-23-33-35-36-34-23/h4-12,17,20,22,26H,3,13-16H2,1-2H3,(H,30,41)(H,31,42)(H,32,38)(H,39,40)(H,33,34,35,36)/t17-,20?,22?,26-/m0/s1. The van der Waals surface area contributed by atoms with Gasteiger partial charge in [0.2, 0.25) is 17.7 Å². The molecule has 0 bridgehead atoms. The molecular weight excluding hydrogens is 556 g/mol. The van der Waals surface area contributed by atoms with Crippen molar-refractivity contribution in [2.45, 2.75) is 64.2 Å². The normalized spacial score (nSPS) is 16.0. The molecule has 0 spiro atoms. The van der Waals surface area contributed by atoms with Gasteiger partial charge in [-0.05, 0) is 23.1 Å². The van der Waals surface area contributed by atoms with Gasteiger partial charge in [0.25, 0.3) is 5.91 Å². The van der Waals surface area contributed by atoms with Gasteiger partial charge in [-0.2, -0.15) is 5.21 Å². The number of H-pyrrole nitrogens is 1. The highest BCUT2D eigenvalue weighted by Gasteiger charge is 2.42. The molecule has 43 heavy (non-hydrogen) atoms. The SMILES string of the molecule is CC[C@H](C)[C@H](NC(=O)Cc1ccccc1)C(=O)NC(CC(=O)O)C(=O)N1c2ccccc2CC1C(=O)NCc1nn[nH]n1. The molecule has 5 N–H and O–H groups in total. The Kier molecular flexibility index (Phi) is 10.1. The van der Waals surface area contributed by atoms with Crippen LogP contribution in [-0.2, 0) is 43.4 Å². The van der Waals surface area contributed by atoms with E-state index in [1.807, 2.05) is 13.0 Å². The number of hydrogen-bond acceptors (Lipinski definition) is 8. The zero-order valence-corrected chi connectivity index (χ0v) is 23.8. The molecule has 4 rings (SSSR count). The number of hydrogen-bond donors (Lipinski definition) is 5. The third-order valence-corrected chi connectivity index (χ3v) is 7.34. The smallest absolute Gasteiger partial charge is 0.305 e. The number of aromatic amines is 1. The van der Waals surface area contributed by atoms with Crippen LogP contribution in [0.2, 0.25) is 0 Å². The Morgan fingerprint density at radius 2 is 1.77 bits per heavy atom. The quantitative estimate of drug-likeness (QED) is 0.188. The zero-order valence-electron chi connectivity index (χ0n) is 23.8. The summed E-state index contributed by atoms with van der Waals surface area (Å²) in [5.74, 6) is -3.77. The third-order valence-electron chi connectivity index (χ3n) is 7.34. The Hall–Kier alpha value is -5.14. The van der Waals surface area contributed by atoms with Crippen molar-refractivity contribution in [2.24, 2.45) is 5.92 Å². The van der Waals surface area contributed by atoms with E-state index in [0.29, 0.717) is 17.7 Å². The molecule has 1 aliphatic heterocycles. The van der Waals surface area contributed by atoms with Crippen molar-refractivity contribution < 1.29 is 29.1 Å². The molecule has 2 unspecified atom stereocenters. The minimum absolute atomic E-state index is 0.0429. The van der Waals surface area contributed by atoms with Crippen LogP contribution in [0.25, 0.3) is 0 Å². The van der Waals surface area contributed by atoms with Crippen LogP contribution >= 0.6 is 0 Å². The number of aromatic nitrogens is 4. The van der Waals surface area contributed by atoms with Gasteiger partial charge in [-0.3, -0.25) is 28.9 Å². The van der Waals surface area contributed by atoms with E-state index >= 15 is 0 Å². The predicted octanol–water partition coefficient (Wildman–Crippen LogP) is 0.507. The summed E-state index contributed by atoms with van der Waals surface area (Å²) in [6.45, 7) is 3.59. The number of carboxylic acid groups (broad SMARTS) is 1. The van der Waals surface area contributed by atoms with Crippen molar-refractivity contribution in [1.29, 1.82) is 0 Å². The molecule has 1 aliphatic rings.